The third-order valence-electron chi connectivity index (χ3n) is 2.80. The smallest absolute Gasteiger partial charge is 0.262 e. The first-order chi connectivity index (χ1) is 9.72. The molecule has 0 saturated carbocycles. The second-order valence-corrected chi connectivity index (χ2v) is 5.99. The van der Waals surface area contributed by atoms with Crippen LogP contribution in [0.4, 0.5) is 24.5 Å². The van der Waals surface area contributed by atoms with E-state index in [0.29, 0.717) is 0 Å². The van der Waals surface area contributed by atoms with Gasteiger partial charge in [-0.25, -0.2) is 21.6 Å². The molecule has 0 aliphatic carbocycles. The molecule has 0 heterocycles. The van der Waals surface area contributed by atoms with Gasteiger partial charge in [0.25, 0.3) is 10.0 Å². The standard InChI is InChI=1S/C13H11F3N2O2S/c1-7-2-3-8(14)6-11(7)21(19,20)18-13-10(17)5-4-9(15)12(13)16/h2-6,18H,17H2,1H3. The summed E-state index contributed by atoms with van der Waals surface area (Å²) in [5, 5.41) is 0. The molecule has 0 aromatic heterocycles. The van der Waals surface area contributed by atoms with E-state index in [2.05, 4.69) is 0 Å². The summed E-state index contributed by atoms with van der Waals surface area (Å²) in [6.45, 7) is 1.44. The molecule has 2 aromatic rings. The first-order valence-corrected chi connectivity index (χ1v) is 7.23. The van der Waals surface area contributed by atoms with Crippen LogP contribution in [-0.2, 0) is 10.0 Å². The van der Waals surface area contributed by atoms with Crippen LogP contribution < -0.4 is 10.5 Å². The van der Waals surface area contributed by atoms with E-state index in [1.807, 2.05) is 4.72 Å². The molecule has 2 aromatic carbocycles. The van der Waals surface area contributed by atoms with Crippen LogP contribution >= 0.6 is 0 Å². The first kappa shape index (κ1) is 15.2. The van der Waals surface area contributed by atoms with Crippen molar-refractivity contribution in [2.45, 2.75) is 11.8 Å². The Hall–Kier alpha value is -2.22. The van der Waals surface area contributed by atoms with Crippen molar-refractivity contribution < 1.29 is 21.6 Å². The van der Waals surface area contributed by atoms with Gasteiger partial charge in [-0.15, -0.1) is 0 Å². The Morgan fingerprint density at radius 1 is 1.10 bits per heavy atom. The number of aryl methyl sites for hydroxylation is 1. The second kappa shape index (κ2) is 5.28. The van der Waals surface area contributed by atoms with Crippen LogP contribution in [0.5, 0.6) is 0 Å². The van der Waals surface area contributed by atoms with Gasteiger partial charge in [-0.3, -0.25) is 4.72 Å². The summed E-state index contributed by atoms with van der Waals surface area (Å²) in [6, 6.07) is 4.93. The summed E-state index contributed by atoms with van der Waals surface area (Å²) in [7, 11) is -4.30. The zero-order valence-electron chi connectivity index (χ0n) is 10.8. The van der Waals surface area contributed by atoms with Gasteiger partial charge in [0.1, 0.15) is 11.5 Å². The molecule has 0 aliphatic heterocycles. The van der Waals surface area contributed by atoms with E-state index < -0.39 is 33.2 Å². The van der Waals surface area contributed by atoms with Crippen molar-refractivity contribution in [3.05, 3.63) is 53.3 Å². The molecule has 112 valence electrons. The van der Waals surface area contributed by atoms with Crippen molar-refractivity contribution in [2.75, 3.05) is 10.5 Å². The largest absolute Gasteiger partial charge is 0.397 e. The lowest BCUT2D eigenvalue weighted by molar-refractivity contribution is 0.512. The minimum atomic E-state index is -4.30. The first-order valence-electron chi connectivity index (χ1n) is 5.75. The number of nitrogens with one attached hydrogen (secondary N) is 1. The molecule has 0 atom stereocenters. The molecule has 21 heavy (non-hydrogen) atoms. The number of halogens is 3. The van der Waals surface area contributed by atoms with Crippen LogP contribution in [0.1, 0.15) is 5.56 Å². The Bertz CT molecular complexity index is 807. The molecule has 2 rings (SSSR count). The Labute approximate surface area is 119 Å². The number of nitrogen functional groups attached to an aromatic ring is 1. The number of benzene rings is 2. The van der Waals surface area contributed by atoms with Gasteiger partial charge < -0.3 is 5.73 Å². The number of anilines is 2. The van der Waals surface area contributed by atoms with Crippen LogP contribution in [0.3, 0.4) is 0 Å². The van der Waals surface area contributed by atoms with Gasteiger partial charge in [0, 0.05) is 0 Å². The molecule has 0 saturated heterocycles. The average molecular weight is 316 g/mol. The summed E-state index contributed by atoms with van der Waals surface area (Å²) >= 11 is 0. The fourth-order valence-corrected chi connectivity index (χ4v) is 3.07. The van der Waals surface area contributed by atoms with Gasteiger partial charge in [0.15, 0.2) is 11.6 Å². The predicted octanol–water partition coefficient (Wildman–Crippen LogP) is 2.80. The average Bonchev–Trinajstić information content (AvgIpc) is 2.42. The van der Waals surface area contributed by atoms with Gasteiger partial charge in [0.2, 0.25) is 0 Å². The van der Waals surface area contributed by atoms with E-state index in [0.717, 1.165) is 24.3 Å². The van der Waals surface area contributed by atoms with Crippen LogP contribution in [0, 0.1) is 24.4 Å². The van der Waals surface area contributed by atoms with E-state index in [1.54, 1.807) is 0 Å². The van der Waals surface area contributed by atoms with Gasteiger partial charge >= 0.3 is 0 Å². The zero-order chi connectivity index (χ0) is 15.8. The predicted molar refractivity (Wildman–Crippen MR) is 72.7 cm³/mol. The highest BCUT2D eigenvalue weighted by Crippen LogP contribution is 2.28. The Morgan fingerprint density at radius 2 is 1.76 bits per heavy atom. The molecule has 0 radical (unpaired) electrons. The summed E-state index contributed by atoms with van der Waals surface area (Å²) in [5.41, 5.74) is 4.69. The van der Waals surface area contributed by atoms with E-state index in [9.17, 15) is 21.6 Å². The third kappa shape index (κ3) is 2.94. The fraction of sp³-hybridized carbons (Fsp3) is 0.0769. The van der Waals surface area contributed by atoms with E-state index in [-0.39, 0.29) is 16.1 Å². The van der Waals surface area contributed by atoms with Crippen molar-refractivity contribution in [1.29, 1.82) is 0 Å². The van der Waals surface area contributed by atoms with Gasteiger partial charge in [0.05, 0.1) is 10.6 Å². The molecule has 0 spiro atoms. The molecule has 8 heteroatoms. The number of sulfonamides is 1. The Balaban J connectivity index is 2.53. The highest BCUT2D eigenvalue weighted by Gasteiger charge is 2.22. The highest BCUT2D eigenvalue weighted by atomic mass is 32.2. The maximum Gasteiger partial charge on any atom is 0.262 e. The molecule has 0 fully saturated rings. The van der Waals surface area contributed by atoms with Gasteiger partial charge in [-0.1, -0.05) is 6.07 Å². The highest BCUT2D eigenvalue weighted by molar-refractivity contribution is 7.92. The lowest BCUT2D eigenvalue weighted by Gasteiger charge is -2.13. The van der Waals surface area contributed by atoms with Crippen molar-refractivity contribution in [3.8, 4) is 0 Å². The van der Waals surface area contributed by atoms with E-state index >= 15 is 0 Å². The molecule has 3 N–H and O–H groups in total. The number of hydrogen-bond donors (Lipinski definition) is 2. The summed E-state index contributed by atoms with van der Waals surface area (Å²) in [6.07, 6.45) is 0. The molecule has 0 bridgehead atoms. The topological polar surface area (TPSA) is 72.2 Å². The van der Waals surface area contributed by atoms with Gasteiger partial charge in [-0.05, 0) is 36.8 Å². The zero-order valence-corrected chi connectivity index (χ0v) is 11.6. The lowest BCUT2D eigenvalue weighted by Crippen LogP contribution is -2.17. The number of nitrogens with two attached hydrogens (primary N) is 1. The maximum atomic E-state index is 13.6. The van der Waals surface area contributed by atoms with Crippen molar-refractivity contribution in [3.63, 3.8) is 0 Å². The SMILES string of the molecule is Cc1ccc(F)cc1S(=O)(=O)Nc1c(N)ccc(F)c1F. The minimum absolute atomic E-state index is 0.249. The van der Waals surface area contributed by atoms with Gasteiger partial charge in [-0.2, -0.15) is 0 Å². The van der Waals surface area contributed by atoms with Crippen LogP contribution in [0.15, 0.2) is 35.2 Å². The number of hydrogen-bond acceptors (Lipinski definition) is 3. The fourth-order valence-electron chi connectivity index (χ4n) is 1.72. The monoisotopic (exact) mass is 316 g/mol. The summed E-state index contributed by atoms with van der Waals surface area (Å²) in [4.78, 5) is -0.384. The van der Waals surface area contributed by atoms with Crippen molar-refractivity contribution in [1.82, 2.24) is 0 Å². The Kier molecular flexibility index (Phi) is 3.82. The maximum absolute atomic E-state index is 13.6. The molecular weight excluding hydrogens is 305 g/mol. The molecule has 0 aliphatic rings. The molecule has 0 amide bonds. The number of rotatable bonds is 3. The molecule has 4 nitrogen and oxygen atoms in total. The summed E-state index contributed by atoms with van der Waals surface area (Å²) < 4.78 is 66.2. The minimum Gasteiger partial charge on any atom is -0.397 e. The molecular formula is C13H11F3N2O2S. The van der Waals surface area contributed by atoms with E-state index in [1.165, 1.54) is 13.0 Å². The molecule has 0 unspecified atom stereocenters. The quantitative estimate of drug-likeness (QED) is 0.855. The van der Waals surface area contributed by atoms with Crippen LogP contribution in [0.2, 0.25) is 0 Å². The summed E-state index contributed by atoms with van der Waals surface area (Å²) in [5.74, 6) is -3.45. The third-order valence-corrected chi connectivity index (χ3v) is 4.29. The van der Waals surface area contributed by atoms with Crippen molar-refractivity contribution >= 4 is 21.4 Å². The van der Waals surface area contributed by atoms with Crippen LogP contribution in [-0.4, -0.2) is 8.42 Å². The second-order valence-electron chi connectivity index (χ2n) is 4.34. The normalized spacial score (nSPS) is 11.4. The van der Waals surface area contributed by atoms with Crippen molar-refractivity contribution in [2.24, 2.45) is 0 Å². The Morgan fingerprint density at radius 3 is 2.43 bits per heavy atom. The van der Waals surface area contributed by atoms with E-state index in [4.69, 9.17) is 5.73 Å². The lowest BCUT2D eigenvalue weighted by atomic mass is 10.2. The van der Waals surface area contributed by atoms with Crippen LogP contribution in [0.25, 0.3) is 0 Å².